The molecule has 1 atom stereocenters. The summed E-state index contributed by atoms with van der Waals surface area (Å²) in [6.07, 6.45) is 3.12. The van der Waals surface area contributed by atoms with Crippen molar-refractivity contribution < 1.29 is 9.21 Å². The summed E-state index contributed by atoms with van der Waals surface area (Å²) in [5.74, 6) is 0.180. The molecule has 2 N–H and O–H groups in total. The van der Waals surface area contributed by atoms with Crippen molar-refractivity contribution in [2.24, 2.45) is 0 Å². The van der Waals surface area contributed by atoms with E-state index in [0.717, 1.165) is 47.1 Å². The van der Waals surface area contributed by atoms with Gasteiger partial charge in [-0.3, -0.25) is 9.69 Å². The van der Waals surface area contributed by atoms with Crippen LogP contribution in [0.25, 0.3) is 11.3 Å². The maximum Gasteiger partial charge on any atom is 0.244 e. The summed E-state index contributed by atoms with van der Waals surface area (Å²) in [6.45, 7) is 1.78. The lowest BCUT2D eigenvalue weighted by molar-refractivity contribution is -0.117. The van der Waals surface area contributed by atoms with Gasteiger partial charge in [-0.1, -0.05) is 48.2 Å². The van der Waals surface area contributed by atoms with Crippen molar-refractivity contribution in [1.82, 2.24) is 4.98 Å². The number of nitriles is 2. The van der Waals surface area contributed by atoms with Gasteiger partial charge in [0, 0.05) is 0 Å². The molecular weight excluding hydrogens is 470 g/mol. The number of aromatic nitrogens is 1. The molecule has 2 aromatic carbocycles. The molecular formula is C28H21N5O2S. The summed E-state index contributed by atoms with van der Waals surface area (Å²) in [5, 5.41) is 19.4. The lowest BCUT2D eigenvalue weighted by Gasteiger charge is -2.27. The number of pyridine rings is 1. The zero-order chi connectivity index (χ0) is 25.2. The largest absolute Gasteiger partial charge is 0.464 e. The van der Waals surface area contributed by atoms with Crippen molar-refractivity contribution in [3.63, 3.8) is 0 Å². The number of para-hydroxylation sites is 2. The molecule has 0 radical (unpaired) electrons. The predicted molar refractivity (Wildman–Crippen MR) is 139 cm³/mol. The summed E-state index contributed by atoms with van der Waals surface area (Å²) in [4.78, 5) is 20.1. The number of thioether (sulfide) groups is 1. The highest BCUT2D eigenvalue weighted by Crippen LogP contribution is 2.40. The van der Waals surface area contributed by atoms with E-state index in [1.54, 1.807) is 24.0 Å². The number of hydrogen-bond donors (Lipinski definition) is 1. The molecule has 1 amide bonds. The monoisotopic (exact) mass is 491 g/mol. The Morgan fingerprint density at radius 2 is 1.61 bits per heavy atom. The molecule has 0 bridgehead atoms. The van der Waals surface area contributed by atoms with Crippen molar-refractivity contribution in [3.8, 4) is 23.5 Å². The third-order valence-electron chi connectivity index (χ3n) is 6.17. The number of carbonyl (C=O) groups is 1. The molecule has 5 rings (SSSR count). The Kier molecular flexibility index (Phi) is 6.20. The fraction of sp³-hybridized carbons (Fsp3) is 0.143. The molecule has 0 saturated carbocycles. The quantitative estimate of drug-likeness (QED) is 0.368. The highest BCUT2D eigenvalue weighted by molar-refractivity contribution is 8.00. The Morgan fingerprint density at radius 1 is 1.00 bits per heavy atom. The second-order valence-corrected chi connectivity index (χ2v) is 9.65. The van der Waals surface area contributed by atoms with Crippen LogP contribution in [0.1, 0.15) is 29.2 Å². The number of nitrogens with two attached hydrogens (primary N) is 1. The molecule has 1 unspecified atom stereocenters. The van der Waals surface area contributed by atoms with Crippen molar-refractivity contribution in [3.05, 3.63) is 89.2 Å². The summed E-state index contributed by atoms with van der Waals surface area (Å²) in [5.41, 5.74) is 10.5. The number of anilines is 3. The van der Waals surface area contributed by atoms with Crippen LogP contribution in [-0.2, 0) is 17.6 Å². The average molecular weight is 492 g/mol. The van der Waals surface area contributed by atoms with Gasteiger partial charge in [0.25, 0.3) is 0 Å². The van der Waals surface area contributed by atoms with Gasteiger partial charge in [-0.25, -0.2) is 4.98 Å². The van der Waals surface area contributed by atoms with Gasteiger partial charge in [-0.2, -0.15) is 10.5 Å². The minimum Gasteiger partial charge on any atom is -0.464 e. The SMILES string of the molecule is CC(Sc1nc(N)c(C#N)c(-c2ccco2)c1C#N)C(=O)N1c2ccccc2CCc2ccccc21. The summed E-state index contributed by atoms with van der Waals surface area (Å²) >= 11 is 1.14. The minimum absolute atomic E-state index is 0.0180. The van der Waals surface area contributed by atoms with Gasteiger partial charge >= 0.3 is 0 Å². The molecule has 36 heavy (non-hydrogen) atoms. The van der Waals surface area contributed by atoms with Gasteiger partial charge in [-0.05, 0) is 55.2 Å². The first-order chi connectivity index (χ1) is 17.5. The van der Waals surface area contributed by atoms with Crippen LogP contribution in [0.3, 0.4) is 0 Å². The van der Waals surface area contributed by atoms with E-state index in [-0.39, 0.29) is 33.4 Å². The number of fused-ring (bicyclic) bond motifs is 2. The van der Waals surface area contributed by atoms with Crippen LogP contribution < -0.4 is 10.6 Å². The van der Waals surface area contributed by atoms with Crippen molar-refractivity contribution >= 4 is 34.9 Å². The minimum atomic E-state index is -0.611. The van der Waals surface area contributed by atoms with E-state index in [9.17, 15) is 15.3 Å². The van der Waals surface area contributed by atoms with Crippen LogP contribution in [0.5, 0.6) is 0 Å². The maximum atomic E-state index is 14.0. The van der Waals surface area contributed by atoms with Gasteiger partial charge in [0.15, 0.2) is 0 Å². The van der Waals surface area contributed by atoms with E-state index in [1.807, 2.05) is 54.6 Å². The van der Waals surface area contributed by atoms with Gasteiger partial charge in [0.05, 0.1) is 34.0 Å². The standard InChI is InChI=1S/C28H21N5O2S/c1-17(36-27-21(16-30)25(24-11-6-14-35-24)20(15-29)26(31)32-27)28(34)33-22-9-4-2-7-18(22)12-13-19-8-3-5-10-23(19)33/h2-11,14,17H,12-13H2,1H3,(H2,31,32). The number of hydrogen-bond acceptors (Lipinski definition) is 7. The summed E-state index contributed by atoms with van der Waals surface area (Å²) in [7, 11) is 0. The van der Waals surface area contributed by atoms with E-state index in [4.69, 9.17) is 10.2 Å². The molecule has 0 saturated heterocycles. The normalized spacial score (nSPS) is 13.0. The molecule has 0 aliphatic carbocycles. The Bertz CT molecular complexity index is 1500. The van der Waals surface area contributed by atoms with E-state index >= 15 is 0 Å². The molecule has 8 heteroatoms. The molecule has 1 aliphatic rings. The Hall–Kier alpha value is -4.53. The number of nitrogens with zero attached hydrogens (tertiary/aromatic N) is 4. The molecule has 4 aromatic rings. The summed E-state index contributed by atoms with van der Waals surface area (Å²) < 4.78 is 5.48. The number of benzene rings is 2. The van der Waals surface area contributed by atoms with E-state index in [0.29, 0.717) is 5.76 Å². The zero-order valence-electron chi connectivity index (χ0n) is 19.4. The van der Waals surface area contributed by atoms with Crippen LogP contribution in [0.2, 0.25) is 0 Å². The predicted octanol–water partition coefficient (Wildman–Crippen LogP) is 5.61. The van der Waals surface area contributed by atoms with Gasteiger partial charge < -0.3 is 10.2 Å². The van der Waals surface area contributed by atoms with E-state index < -0.39 is 5.25 Å². The fourth-order valence-corrected chi connectivity index (χ4v) is 5.43. The summed E-state index contributed by atoms with van der Waals surface area (Å²) in [6, 6.07) is 23.3. The second kappa shape index (κ2) is 9.61. The highest BCUT2D eigenvalue weighted by Gasteiger charge is 2.31. The smallest absolute Gasteiger partial charge is 0.244 e. The highest BCUT2D eigenvalue weighted by atomic mass is 32.2. The topological polar surface area (TPSA) is 120 Å². The lowest BCUT2D eigenvalue weighted by atomic mass is 10.0. The second-order valence-electron chi connectivity index (χ2n) is 8.32. The lowest BCUT2D eigenvalue weighted by Crippen LogP contribution is -2.33. The van der Waals surface area contributed by atoms with Crippen LogP contribution in [0.4, 0.5) is 17.2 Å². The third-order valence-corrected chi connectivity index (χ3v) is 7.24. The van der Waals surface area contributed by atoms with Crippen molar-refractivity contribution in [2.45, 2.75) is 30.0 Å². The molecule has 0 spiro atoms. The number of furan rings is 1. The van der Waals surface area contributed by atoms with Crippen molar-refractivity contribution in [2.75, 3.05) is 10.6 Å². The molecule has 176 valence electrons. The van der Waals surface area contributed by atoms with Gasteiger partial charge in [0.2, 0.25) is 5.91 Å². The number of nitrogen functional groups attached to an aromatic ring is 1. The molecule has 3 heterocycles. The van der Waals surface area contributed by atoms with Crippen LogP contribution >= 0.6 is 11.8 Å². The molecule has 1 aliphatic heterocycles. The number of amides is 1. The fourth-order valence-electron chi connectivity index (χ4n) is 4.47. The van der Waals surface area contributed by atoms with E-state index in [1.165, 1.54) is 6.26 Å². The van der Waals surface area contributed by atoms with Crippen LogP contribution in [-0.4, -0.2) is 16.1 Å². The zero-order valence-corrected chi connectivity index (χ0v) is 20.2. The first-order valence-electron chi connectivity index (χ1n) is 11.4. The van der Waals surface area contributed by atoms with Gasteiger partial charge in [0.1, 0.15) is 34.3 Å². The third kappa shape index (κ3) is 3.98. The van der Waals surface area contributed by atoms with Crippen molar-refractivity contribution in [1.29, 1.82) is 10.5 Å². The molecule has 2 aromatic heterocycles. The average Bonchev–Trinajstić information content (AvgIpc) is 3.37. The maximum absolute atomic E-state index is 14.0. The Balaban J connectivity index is 1.57. The number of carbonyl (C=O) groups excluding carboxylic acids is 1. The van der Waals surface area contributed by atoms with Gasteiger partial charge in [-0.15, -0.1) is 0 Å². The molecule has 0 fully saturated rings. The number of aryl methyl sites for hydroxylation is 2. The Labute approximate surface area is 212 Å². The van der Waals surface area contributed by atoms with Crippen LogP contribution in [0, 0.1) is 22.7 Å². The first kappa shape index (κ1) is 23.2. The number of rotatable bonds is 4. The van der Waals surface area contributed by atoms with Crippen LogP contribution in [0.15, 0.2) is 76.4 Å². The van der Waals surface area contributed by atoms with E-state index in [2.05, 4.69) is 11.1 Å². The first-order valence-corrected chi connectivity index (χ1v) is 12.3. The Morgan fingerprint density at radius 3 is 2.17 bits per heavy atom. The molecule has 7 nitrogen and oxygen atoms in total.